The van der Waals surface area contributed by atoms with Crippen LogP contribution in [0.15, 0.2) is 40.9 Å². The first kappa shape index (κ1) is 15.4. The summed E-state index contributed by atoms with van der Waals surface area (Å²) >= 11 is 2.95. The highest BCUT2D eigenvalue weighted by atomic mass is 79.9. The van der Waals surface area contributed by atoms with Gasteiger partial charge in [0.1, 0.15) is 11.5 Å². The molecule has 0 spiro atoms. The van der Waals surface area contributed by atoms with Crippen LogP contribution in [0.4, 0.5) is 15.8 Å². The van der Waals surface area contributed by atoms with Gasteiger partial charge in [-0.3, -0.25) is 10.1 Å². The lowest BCUT2D eigenvalue weighted by molar-refractivity contribution is -0.384. The number of nitrogens with zero attached hydrogens (tertiary/aromatic N) is 1. The third-order valence-electron chi connectivity index (χ3n) is 3.05. The summed E-state index contributed by atoms with van der Waals surface area (Å²) in [6, 6.07) is 10.3. The van der Waals surface area contributed by atoms with Gasteiger partial charge in [0.15, 0.2) is 0 Å². The molecule has 0 amide bonds. The van der Waals surface area contributed by atoms with Crippen LogP contribution >= 0.6 is 15.9 Å². The maximum Gasteiger partial charge on any atom is 0.293 e. The molecule has 2 aromatic rings. The van der Waals surface area contributed by atoms with Gasteiger partial charge in [0.25, 0.3) is 5.69 Å². The normalized spacial score (nSPS) is 10.4. The van der Waals surface area contributed by atoms with Gasteiger partial charge >= 0.3 is 0 Å². The van der Waals surface area contributed by atoms with Gasteiger partial charge in [0.05, 0.1) is 9.40 Å². The molecule has 0 unspecified atom stereocenters. The fourth-order valence-electron chi connectivity index (χ4n) is 2.04. The van der Waals surface area contributed by atoms with Crippen LogP contribution in [0.1, 0.15) is 11.1 Å². The lowest BCUT2D eigenvalue weighted by atomic mass is 10.1. The number of nitrogens with one attached hydrogen (secondary N) is 1. The van der Waals surface area contributed by atoms with Crippen molar-refractivity contribution < 1.29 is 9.31 Å². The van der Waals surface area contributed by atoms with Crippen LogP contribution in [0.3, 0.4) is 0 Å². The molecule has 21 heavy (non-hydrogen) atoms. The predicted molar refractivity (Wildman–Crippen MR) is 84.1 cm³/mol. The molecule has 0 aliphatic rings. The molecule has 6 heteroatoms. The fourth-order valence-corrected chi connectivity index (χ4v) is 2.37. The molecule has 0 heterocycles. The van der Waals surface area contributed by atoms with Crippen LogP contribution in [0.25, 0.3) is 0 Å². The summed E-state index contributed by atoms with van der Waals surface area (Å²) in [7, 11) is 0. The van der Waals surface area contributed by atoms with E-state index in [-0.39, 0.29) is 15.8 Å². The highest BCUT2D eigenvalue weighted by Gasteiger charge is 2.17. The molecule has 0 saturated heterocycles. The number of hydrogen-bond donors (Lipinski definition) is 1. The summed E-state index contributed by atoms with van der Waals surface area (Å²) in [4.78, 5) is 10.5. The van der Waals surface area contributed by atoms with Crippen molar-refractivity contribution >= 4 is 27.3 Å². The summed E-state index contributed by atoms with van der Waals surface area (Å²) < 4.78 is 13.6. The van der Waals surface area contributed by atoms with E-state index in [1.807, 2.05) is 25.1 Å². The predicted octanol–water partition coefficient (Wildman–Crippen LogP) is 4.46. The zero-order valence-electron chi connectivity index (χ0n) is 11.4. The smallest absolute Gasteiger partial charge is 0.293 e. The van der Waals surface area contributed by atoms with Gasteiger partial charge in [0, 0.05) is 18.7 Å². The highest BCUT2D eigenvalue weighted by molar-refractivity contribution is 9.10. The first-order valence-electron chi connectivity index (χ1n) is 6.40. The van der Waals surface area contributed by atoms with Crippen molar-refractivity contribution in [1.82, 2.24) is 0 Å². The number of rotatable bonds is 5. The van der Waals surface area contributed by atoms with E-state index in [2.05, 4.69) is 27.3 Å². The molecule has 2 rings (SSSR count). The molecule has 1 N–H and O–H groups in total. The third-order valence-corrected chi connectivity index (χ3v) is 3.65. The van der Waals surface area contributed by atoms with E-state index in [0.29, 0.717) is 13.0 Å². The van der Waals surface area contributed by atoms with Crippen LogP contribution in [0.5, 0.6) is 0 Å². The standard InChI is InChI=1S/C15H14BrFN2O2/c1-10-3-2-4-11(7-10)5-6-18-14-9-13(17)12(16)8-15(14)19(20)21/h2-4,7-9,18H,5-6H2,1H3. The summed E-state index contributed by atoms with van der Waals surface area (Å²) in [6.45, 7) is 2.50. The molecule has 0 atom stereocenters. The summed E-state index contributed by atoms with van der Waals surface area (Å²) in [5.74, 6) is -0.529. The van der Waals surface area contributed by atoms with Crippen LogP contribution in [-0.2, 0) is 6.42 Å². The number of halogens is 2. The minimum absolute atomic E-state index is 0.0819. The molecule has 2 aromatic carbocycles. The molecule has 0 aliphatic heterocycles. The zero-order valence-corrected chi connectivity index (χ0v) is 13.0. The van der Waals surface area contributed by atoms with Crippen LogP contribution < -0.4 is 5.32 Å². The molecular weight excluding hydrogens is 339 g/mol. The summed E-state index contributed by atoms with van der Waals surface area (Å²) in [5, 5.41) is 13.9. The van der Waals surface area contributed by atoms with Crippen molar-refractivity contribution in [2.75, 3.05) is 11.9 Å². The number of nitro benzene ring substituents is 1. The Labute approximate surface area is 130 Å². The Balaban J connectivity index is 2.09. The van der Waals surface area contributed by atoms with Gasteiger partial charge in [-0.1, -0.05) is 29.8 Å². The molecule has 0 fully saturated rings. The average molecular weight is 353 g/mol. The fraction of sp³-hybridized carbons (Fsp3) is 0.200. The van der Waals surface area contributed by atoms with Gasteiger partial charge in [-0.05, 0) is 34.8 Å². The first-order chi connectivity index (χ1) is 9.97. The van der Waals surface area contributed by atoms with Crippen molar-refractivity contribution in [3.8, 4) is 0 Å². The number of hydrogen-bond acceptors (Lipinski definition) is 3. The van der Waals surface area contributed by atoms with E-state index in [0.717, 1.165) is 17.2 Å². The van der Waals surface area contributed by atoms with Crippen LogP contribution in [0.2, 0.25) is 0 Å². The molecule has 110 valence electrons. The average Bonchev–Trinajstić information content (AvgIpc) is 2.42. The Morgan fingerprint density at radius 1 is 1.33 bits per heavy atom. The highest BCUT2D eigenvalue weighted by Crippen LogP contribution is 2.30. The van der Waals surface area contributed by atoms with Crippen molar-refractivity contribution in [3.05, 3.63) is 67.9 Å². The Morgan fingerprint density at radius 3 is 2.76 bits per heavy atom. The molecule has 0 aliphatic carbocycles. The van der Waals surface area contributed by atoms with Crippen molar-refractivity contribution in [3.63, 3.8) is 0 Å². The maximum atomic E-state index is 13.5. The number of benzene rings is 2. The number of aryl methyl sites for hydroxylation is 1. The van der Waals surface area contributed by atoms with Gasteiger partial charge in [-0.25, -0.2) is 4.39 Å². The van der Waals surface area contributed by atoms with E-state index >= 15 is 0 Å². The van der Waals surface area contributed by atoms with Crippen molar-refractivity contribution in [1.29, 1.82) is 0 Å². The summed E-state index contributed by atoms with van der Waals surface area (Å²) in [6.07, 6.45) is 0.705. The molecular formula is C15H14BrFN2O2. The van der Waals surface area contributed by atoms with Crippen molar-refractivity contribution in [2.24, 2.45) is 0 Å². The van der Waals surface area contributed by atoms with Gasteiger partial charge < -0.3 is 5.32 Å². The van der Waals surface area contributed by atoms with E-state index in [1.165, 1.54) is 6.07 Å². The number of nitro groups is 1. The lowest BCUT2D eigenvalue weighted by Gasteiger charge is -2.08. The van der Waals surface area contributed by atoms with Gasteiger partial charge in [0.2, 0.25) is 0 Å². The first-order valence-corrected chi connectivity index (χ1v) is 7.19. The van der Waals surface area contributed by atoms with E-state index in [1.54, 1.807) is 0 Å². The Hall–Kier alpha value is -1.95. The molecule has 4 nitrogen and oxygen atoms in total. The lowest BCUT2D eigenvalue weighted by Crippen LogP contribution is -2.07. The minimum Gasteiger partial charge on any atom is -0.379 e. The Bertz CT molecular complexity index is 677. The van der Waals surface area contributed by atoms with Crippen molar-refractivity contribution in [2.45, 2.75) is 13.3 Å². The second-order valence-electron chi connectivity index (χ2n) is 4.71. The van der Waals surface area contributed by atoms with Gasteiger partial charge in [-0.15, -0.1) is 0 Å². The number of anilines is 1. The SMILES string of the molecule is Cc1cccc(CCNc2cc(F)c(Br)cc2[N+](=O)[O-])c1. The quantitative estimate of drug-likeness (QED) is 0.638. The third kappa shape index (κ3) is 4.01. The zero-order chi connectivity index (χ0) is 15.4. The van der Waals surface area contributed by atoms with E-state index in [4.69, 9.17) is 0 Å². The Kier molecular flexibility index (Phi) is 4.90. The largest absolute Gasteiger partial charge is 0.379 e. The van der Waals surface area contributed by atoms with E-state index in [9.17, 15) is 14.5 Å². The molecule has 0 radical (unpaired) electrons. The maximum absolute atomic E-state index is 13.5. The van der Waals surface area contributed by atoms with Gasteiger partial charge in [-0.2, -0.15) is 0 Å². The van der Waals surface area contributed by atoms with E-state index < -0.39 is 10.7 Å². The Morgan fingerprint density at radius 2 is 2.10 bits per heavy atom. The molecule has 0 saturated carbocycles. The second kappa shape index (κ2) is 6.67. The molecule has 0 aromatic heterocycles. The molecule has 0 bridgehead atoms. The summed E-state index contributed by atoms with van der Waals surface area (Å²) in [5.41, 5.74) is 2.33. The minimum atomic E-state index is -0.529. The van der Waals surface area contributed by atoms with Crippen LogP contribution in [0, 0.1) is 22.9 Å². The monoisotopic (exact) mass is 352 g/mol. The second-order valence-corrected chi connectivity index (χ2v) is 5.56. The van der Waals surface area contributed by atoms with Crippen LogP contribution in [-0.4, -0.2) is 11.5 Å². The topological polar surface area (TPSA) is 55.2 Å².